The Morgan fingerprint density at radius 1 is 1.28 bits per heavy atom. The first-order valence-corrected chi connectivity index (χ1v) is 7.77. The summed E-state index contributed by atoms with van der Waals surface area (Å²) in [4.78, 5) is 25.3. The molecule has 0 spiro atoms. The second-order valence-electron chi connectivity index (χ2n) is 5.47. The summed E-state index contributed by atoms with van der Waals surface area (Å²) >= 11 is 0. The Morgan fingerprint density at radius 3 is 2.84 bits per heavy atom. The quantitative estimate of drug-likeness (QED) is 0.926. The highest BCUT2D eigenvalue weighted by Gasteiger charge is 2.21. The fraction of sp³-hybridized carbons (Fsp3) is 0.222. The second kappa shape index (κ2) is 7.21. The van der Waals surface area contributed by atoms with Gasteiger partial charge in [0, 0.05) is 12.6 Å². The van der Waals surface area contributed by atoms with Crippen molar-refractivity contribution in [2.75, 3.05) is 30.0 Å². The van der Waals surface area contributed by atoms with Crippen LogP contribution in [0.25, 0.3) is 0 Å². The minimum Gasteiger partial charge on any atom is -0.490 e. The summed E-state index contributed by atoms with van der Waals surface area (Å²) in [6.07, 6.45) is 0. The van der Waals surface area contributed by atoms with Crippen LogP contribution in [0.1, 0.15) is 6.92 Å². The van der Waals surface area contributed by atoms with Gasteiger partial charge in [0.25, 0.3) is 5.91 Å². The first-order valence-electron chi connectivity index (χ1n) is 7.77. The number of rotatable bonds is 4. The average molecular weight is 344 g/mol. The van der Waals surface area contributed by atoms with Gasteiger partial charge >= 0.3 is 0 Å². The Bertz CT molecular complexity index is 809. The number of nitrogens with zero attached hydrogens (tertiary/aromatic N) is 1. The topological polar surface area (TPSA) is 67.9 Å². The lowest BCUT2D eigenvalue weighted by atomic mass is 10.2. The van der Waals surface area contributed by atoms with Gasteiger partial charge in [-0.3, -0.25) is 9.59 Å². The number of amides is 2. The Morgan fingerprint density at radius 2 is 2.08 bits per heavy atom. The number of carbonyl (C=O) groups is 2. The smallest absolute Gasteiger partial charge is 0.262 e. The van der Waals surface area contributed by atoms with Crippen LogP contribution in [0.3, 0.4) is 0 Å². The molecule has 0 fully saturated rings. The fourth-order valence-electron chi connectivity index (χ4n) is 2.52. The molecular formula is C18H17FN2O4. The molecule has 1 heterocycles. The van der Waals surface area contributed by atoms with Crippen LogP contribution >= 0.6 is 0 Å². The Labute approximate surface area is 144 Å². The summed E-state index contributed by atoms with van der Waals surface area (Å²) in [5, 5.41) is 2.66. The van der Waals surface area contributed by atoms with Gasteiger partial charge in [-0.25, -0.2) is 4.39 Å². The summed E-state index contributed by atoms with van der Waals surface area (Å²) in [6.45, 7) is 2.03. The largest absolute Gasteiger partial charge is 0.490 e. The van der Waals surface area contributed by atoms with Crippen LogP contribution in [0.4, 0.5) is 15.8 Å². The van der Waals surface area contributed by atoms with Gasteiger partial charge in [0.1, 0.15) is 12.4 Å². The molecule has 0 bridgehead atoms. The molecule has 7 heteroatoms. The van der Waals surface area contributed by atoms with E-state index in [0.29, 0.717) is 30.3 Å². The number of ether oxygens (including phenoxy) is 2. The van der Waals surface area contributed by atoms with E-state index in [2.05, 4.69) is 5.32 Å². The number of hydrogen-bond acceptors (Lipinski definition) is 4. The molecule has 25 heavy (non-hydrogen) atoms. The molecule has 6 nitrogen and oxygen atoms in total. The van der Waals surface area contributed by atoms with Crippen molar-refractivity contribution in [3.05, 3.63) is 48.3 Å². The van der Waals surface area contributed by atoms with Crippen molar-refractivity contribution in [3.8, 4) is 11.5 Å². The molecule has 130 valence electrons. The van der Waals surface area contributed by atoms with Crippen molar-refractivity contribution in [2.24, 2.45) is 0 Å². The highest BCUT2D eigenvalue weighted by Crippen LogP contribution is 2.34. The van der Waals surface area contributed by atoms with E-state index in [4.69, 9.17) is 9.47 Å². The first kappa shape index (κ1) is 16.8. The molecule has 1 aliphatic rings. The fourth-order valence-corrected chi connectivity index (χ4v) is 2.52. The average Bonchev–Trinajstić information content (AvgIpc) is 2.60. The van der Waals surface area contributed by atoms with Crippen LogP contribution in [0.5, 0.6) is 11.5 Å². The zero-order chi connectivity index (χ0) is 17.8. The predicted octanol–water partition coefficient (Wildman–Crippen LogP) is 2.59. The molecule has 1 aliphatic heterocycles. The Hall–Kier alpha value is -3.09. The third kappa shape index (κ3) is 3.88. The maximum atomic E-state index is 13.5. The third-order valence-electron chi connectivity index (χ3n) is 3.68. The predicted molar refractivity (Wildman–Crippen MR) is 90.5 cm³/mol. The molecule has 0 unspecified atom stereocenters. The van der Waals surface area contributed by atoms with Crippen LogP contribution in [0.2, 0.25) is 0 Å². The van der Waals surface area contributed by atoms with E-state index in [0.717, 1.165) is 0 Å². The highest BCUT2D eigenvalue weighted by atomic mass is 19.1. The lowest BCUT2D eigenvalue weighted by molar-refractivity contribution is -0.118. The first-order chi connectivity index (χ1) is 12.0. The van der Waals surface area contributed by atoms with Gasteiger partial charge in [0.05, 0.1) is 12.2 Å². The van der Waals surface area contributed by atoms with Crippen LogP contribution in [0, 0.1) is 5.82 Å². The van der Waals surface area contributed by atoms with Gasteiger partial charge in [-0.05, 0) is 30.3 Å². The molecule has 0 aromatic heterocycles. The van der Waals surface area contributed by atoms with Gasteiger partial charge < -0.3 is 19.7 Å². The zero-order valence-corrected chi connectivity index (χ0v) is 13.6. The van der Waals surface area contributed by atoms with E-state index in [9.17, 15) is 14.0 Å². The maximum Gasteiger partial charge on any atom is 0.262 e. The van der Waals surface area contributed by atoms with Crippen LogP contribution < -0.4 is 19.7 Å². The van der Waals surface area contributed by atoms with E-state index >= 15 is 0 Å². The molecule has 2 aromatic rings. The number of nitrogens with one attached hydrogen (secondary N) is 1. The molecule has 0 atom stereocenters. The summed E-state index contributed by atoms with van der Waals surface area (Å²) in [6, 6.07) is 10.9. The van der Waals surface area contributed by atoms with Crippen molar-refractivity contribution in [1.82, 2.24) is 0 Å². The SMILES string of the molecule is CC(=O)N1CCOc2ccc(NC(=O)COc3ccccc3F)cc21. The number of carbonyl (C=O) groups excluding carboxylic acids is 2. The molecular weight excluding hydrogens is 327 g/mol. The minimum absolute atomic E-state index is 0.0132. The lowest BCUT2D eigenvalue weighted by Crippen LogP contribution is -2.36. The van der Waals surface area contributed by atoms with Crippen molar-refractivity contribution in [3.63, 3.8) is 0 Å². The van der Waals surface area contributed by atoms with E-state index in [1.54, 1.807) is 29.2 Å². The zero-order valence-electron chi connectivity index (χ0n) is 13.6. The van der Waals surface area contributed by atoms with Gasteiger partial charge in [-0.2, -0.15) is 0 Å². The number of benzene rings is 2. The normalized spacial score (nSPS) is 12.8. The standard InChI is InChI=1S/C18H17FN2O4/c1-12(22)21-8-9-24-17-7-6-13(10-15(17)21)20-18(23)11-25-16-5-3-2-4-14(16)19/h2-7,10H,8-9,11H2,1H3,(H,20,23). The number of halogens is 1. The summed E-state index contributed by atoms with van der Waals surface area (Å²) < 4.78 is 24.1. The van der Waals surface area contributed by atoms with E-state index < -0.39 is 11.7 Å². The van der Waals surface area contributed by atoms with Crippen molar-refractivity contribution in [1.29, 1.82) is 0 Å². The summed E-state index contributed by atoms with van der Waals surface area (Å²) in [5.41, 5.74) is 1.10. The molecule has 3 rings (SSSR count). The molecule has 2 aromatic carbocycles. The van der Waals surface area contributed by atoms with Crippen LogP contribution in [0.15, 0.2) is 42.5 Å². The molecule has 0 aliphatic carbocycles. The Kier molecular flexibility index (Phi) is 4.83. The van der Waals surface area contributed by atoms with Gasteiger partial charge in [-0.1, -0.05) is 12.1 Å². The van der Waals surface area contributed by atoms with Gasteiger partial charge in [-0.15, -0.1) is 0 Å². The molecule has 0 saturated carbocycles. The van der Waals surface area contributed by atoms with Crippen molar-refractivity contribution in [2.45, 2.75) is 6.92 Å². The number of anilines is 2. The van der Waals surface area contributed by atoms with Gasteiger partial charge in [0.15, 0.2) is 18.2 Å². The minimum atomic E-state index is -0.529. The van der Waals surface area contributed by atoms with E-state index in [-0.39, 0.29) is 18.3 Å². The molecule has 1 N–H and O–H groups in total. The third-order valence-corrected chi connectivity index (χ3v) is 3.68. The van der Waals surface area contributed by atoms with E-state index in [1.165, 1.54) is 25.1 Å². The monoisotopic (exact) mass is 344 g/mol. The molecule has 2 amide bonds. The number of para-hydroxylation sites is 1. The van der Waals surface area contributed by atoms with Crippen LogP contribution in [-0.2, 0) is 9.59 Å². The summed E-state index contributed by atoms with van der Waals surface area (Å²) in [5.74, 6) is -0.468. The number of hydrogen-bond donors (Lipinski definition) is 1. The molecule has 0 radical (unpaired) electrons. The van der Waals surface area contributed by atoms with Gasteiger partial charge in [0.2, 0.25) is 5.91 Å². The lowest BCUT2D eigenvalue weighted by Gasteiger charge is -2.29. The second-order valence-corrected chi connectivity index (χ2v) is 5.47. The van der Waals surface area contributed by atoms with E-state index in [1.807, 2.05) is 0 Å². The summed E-state index contributed by atoms with van der Waals surface area (Å²) in [7, 11) is 0. The van der Waals surface area contributed by atoms with Crippen molar-refractivity contribution >= 4 is 23.2 Å². The van der Waals surface area contributed by atoms with Crippen molar-refractivity contribution < 1.29 is 23.5 Å². The van der Waals surface area contributed by atoms with Crippen LogP contribution in [-0.4, -0.2) is 31.6 Å². The maximum absolute atomic E-state index is 13.5. The number of fused-ring (bicyclic) bond motifs is 1. The highest BCUT2D eigenvalue weighted by molar-refractivity contribution is 5.96. The molecule has 0 saturated heterocycles. The Balaban J connectivity index is 1.67.